The molecule has 1 unspecified atom stereocenters. The Balaban J connectivity index is 2.81. The number of hydrogen-bond acceptors (Lipinski definition) is 3. The van der Waals surface area contributed by atoms with Crippen molar-refractivity contribution < 1.29 is 14.7 Å². The van der Waals surface area contributed by atoms with Gasteiger partial charge in [-0.05, 0) is 36.1 Å². The fourth-order valence-corrected chi connectivity index (χ4v) is 1.88. The summed E-state index contributed by atoms with van der Waals surface area (Å²) in [5, 5.41) is 12.0. The van der Waals surface area contributed by atoms with E-state index in [2.05, 4.69) is 5.32 Å². The van der Waals surface area contributed by atoms with Crippen molar-refractivity contribution in [1.29, 1.82) is 0 Å². The van der Waals surface area contributed by atoms with Gasteiger partial charge in [-0.25, -0.2) is 0 Å². The number of carbonyl (C=O) groups excluding carboxylic acids is 2. The molecule has 0 fully saturated rings. The minimum absolute atomic E-state index is 0.0167. The average Bonchev–Trinajstić information content (AvgIpc) is 2.37. The number of nitrogens with two attached hydrogens (primary N) is 1. The maximum absolute atomic E-state index is 12.1. The van der Waals surface area contributed by atoms with Gasteiger partial charge in [-0.3, -0.25) is 9.59 Å². The third-order valence-electron chi connectivity index (χ3n) is 3.20. The number of nitrogens with one attached hydrogen (secondary N) is 1. The van der Waals surface area contributed by atoms with Crippen molar-refractivity contribution in [1.82, 2.24) is 5.32 Å². The molecule has 0 spiro atoms. The summed E-state index contributed by atoms with van der Waals surface area (Å²) >= 11 is 0. The molecular formula is C15H22N2O3. The quantitative estimate of drug-likeness (QED) is 0.758. The first-order valence-electron chi connectivity index (χ1n) is 6.57. The van der Waals surface area contributed by atoms with Crippen LogP contribution in [0.25, 0.3) is 0 Å². The lowest BCUT2D eigenvalue weighted by molar-refractivity contribution is 0.0884. The minimum Gasteiger partial charge on any atom is -0.396 e. The van der Waals surface area contributed by atoms with Crippen LogP contribution in [0, 0.1) is 5.41 Å². The summed E-state index contributed by atoms with van der Waals surface area (Å²) in [6.45, 7) is 6.03. The predicted molar refractivity (Wildman–Crippen MR) is 77.4 cm³/mol. The van der Waals surface area contributed by atoms with Crippen molar-refractivity contribution in [2.75, 3.05) is 6.61 Å². The van der Waals surface area contributed by atoms with Gasteiger partial charge in [-0.1, -0.05) is 20.8 Å². The van der Waals surface area contributed by atoms with Crippen LogP contribution in [0.3, 0.4) is 0 Å². The predicted octanol–water partition coefficient (Wildman–Crippen LogP) is 1.31. The molecule has 5 heteroatoms. The first kappa shape index (κ1) is 16.2. The number of amides is 2. The maximum Gasteiger partial charge on any atom is 0.251 e. The topological polar surface area (TPSA) is 92.4 Å². The number of hydrogen-bond donors (Lipinski definition) is 3. The Morgan fingerprint density at radius 1 is 1.20 bits per heavy atom. The van der Waals surface area contributed by atoms with Gasteiger partial charge in [0.25, 0.3) is 5.91 Å². The molecule has 1 rings (SSSR count). The number of benzene rings is 1. The molecule has 0 saturated heterocycles. The van der Waals surface area contributed by atoms with Gasteiger partial charge in [0.05, 0.1) is 0 Å². The van der Waals surface area contributed by atoms with Crippen molar-refractivity contribution in [3.8, 4) is 0 Å². The van der Waals surface area contributed by atoms with Crippen LogP contribution in [-0.2, 0) is 0 Å². The second kappa shape index (κ2) is 6.52. The Kier molecular flexibility index (Phi) is 5.27. The van der Waals surface area contributed by atoms with Crippen LogP contribution in [0.1, 0.15) is 47.9 Å². The minimum atomic E-state index is -0.523. The molecule has 1 aromatic carbocycles. The highest BCUT2D eigenvalue weighted by molar-refractivity contribution is 5.97. The van der Waals surface area contributed by atoms with Crippen LogP contribution in [0.15, 0.2) is 24.3 Å². The number of aliphatic hydroxyl groups is 1. The molecule has 0 saturated carbocycles. The summed E-state index contributed by atoms with van der Waals surface area (Å²) < 4.78 is 0. The molecule has 0 radical (unpaired) electrons. The second-order valence-corrected chi connectivity index (χ2v) is 5.85. The summed E-state index contributed by atoms with van der Waals surface area (Å²) in [5.74, 6) is -0.751. The van der Waals surface area contributed by atoms with E-state index in [4.69, 9.17) is 10.8 Å². The number of carbonyl (C=O) groups is 2. The molecule has 0 aliphatic heterocycles. The first-order chi connectivity index (χ1) is 9.25. The lowest BCUT2D eigenvalue weighted by Gasteiger charge is -2.31. The van der Waals surface area contributed by atoms with Crippen LogP contribution < -0.4 is 11.1 Å². The van der Waals surface area contributed by atoms with E-state index in [1.54, 1.807) is 12.1 Å². The van der Waals surface area contributed by atoms with E-state index >= 15 is 0 Å². The van der Waals surface area contributed by atoms with Crippen LogP contribution in [0.2, 0.25) is 0 Å². The zero-order chi connectivity index (χ0) is 15.3. The molecule has 20 heavy (non-hydrogen) atoms. The largest absolute Gasteiger partial charge is 0.396 e. The molecule has 0 aromatic heterocycles. The average molecular weight is 278 g/mol. The van der Waals surface area contributed by atoms with Crippen LogP contribution in [0.4, 0.5) is 0 Å². The first-order valence-corrected chi connectivity index (χ1v) is 6.57. The maximum atomic E-state index is 12.1. The van der Waals surface area contributed by atoms with Crippen LogP contribution in [-0.4, -0.2) is 29.6 Å². The zero-order valence-electron chi connectivity index (χ0n) is 12.1. The van der Waals surface area contributed by atoms with Gasteiger partial charge >= 0.3 is 0 Å². The zero-order valence-corrected chi connectivity index (χ0v) is 12.1. The Bertz CT molecular complexity index is 475. The third-order valence-corrected chi connectivity index (χ3v) is 3.20. The number of primary amides is 1. The fourth-order valence-electron chi connectivity index (χ4n) is 1.88. The van der Waals surface area contributed by atoms with E-state index in [1.807, 2.05) is 20.8 Å². The van der Waals surface area contributed by atoms with E-state index in [0.717, 1.165) is 0 Å². The number of rotatable bonds is 5. The van der Waals surface area contributed by atoms with Gasteiger partial charge in [0.1, 0.15) is 0 Å². The van der Waals surface area contributed by atoms with E-state index in [-0.39, 0.29) is 24.0 Å². The summed E-state index contributed by atoms with van der Waals surface area (Å²) in [6.07, 6.45) is 0.495. The molecule has 0 heterocycles. The Morgan fingerprint density at radius 3 is 2.10 bits per heavy atom. The molecule has 1 atom stereocenters. The van der Waals surface area contributed by atoms with E-state index in [9.17, 15) is 9.59 Å². The lowest BCUT2D eigenvalue weighted by Crippen LogP contribution is -2.44. The summed E-state index contributed by atoms with van der Waals surface area (Å²) in [6, 6.07) is 6.04. The normalized spacial score (nSPS) is 12.8. The highest BCUT2D eigenvalue weighted by Crippen LogP contribution is 2.22. The molecule has 4 N–H and O–H groups in total. The SMILES string of the molecule is CC(C)(C)C(CCO)NC(=O)c1ccc(C(N)=O)cc1. The van der Waals surface area contributed by atoms with Crippen molar-refractivity contribution >= 4 is 11.8 Å². The molecule has 0 aliphatic rings. The van der Waals surface area contributed by atoms with Crippen LogP contribution >= 0.6 is 0 Å². The van der Waals surface area contributed by atoms with Gasteiger partial charge in [-0.2, -0.15) is 0 Å². The lowest BCUT2D eigenvalue weighted by atomic mass is 9.84. The molecule has 110 valence electrons. The smallest absolute Gasteiger partial charge is 0.251 e. The van der Waals surface area contributed by atoms with Crippen LogP contribution in [0.5, 0.6) is 0 Å². The van der Waals surface area contributed by atoms with Gasteiger partial charge in [-0.15, -0.1) is 0 Å². The highest BCUT2D eigenvalue weighted by atomic mass is 16.3. The van der Waals surface area contributed by atoms with E-state index in [1.165, 1.54) is 12.1 Å². The Morgan fingerprint density at radius 2 is 1.70 bits per heavy atom. The number of aliphatic hydroxyl groups excluding tert-OH is 1. The molecule has 0 bridgehead atoms. The van der Waals surface area contributed by atoms with E-state index < -0.39 is 5.91 Å². The van der Waals surface area contributed by atoms with Gasteiger partial charge in [0.15, 0.2) is 0 Å². The van der Waals surface area contributed by atoms with E-state index in [0.29, 0.717) is 17.5 Å². The van der Waals surface area contributed by atoms with Gasteiger partial charge in [0, 0.05) is 23.8 Å². The second-order valence-electron chi connectivity index (χ2n) is 5.85. The molecular weight excluding hydrogens is 256 g/mol. The Labute approximate surface area is 119 Å². The summed E-state index contributed by atoms with van der Waals surface area (Å²) in [4.78, 5) is 23.1. The van der Waals surface area contributed by atoms with Crippen molar-refractivity contribution in [2.24, 2.45) is 11.1 Å². The fraction of sp³-hybridized carbons (Fsp3) is 0.467. The van der Waals surface area contributed by atoms with Gasteiger partial charge < -0.3 is 16.2 Å². The highest BCUT2D eigenvalue weighted by Gasteiger charge is 2.26. The standard InChI is InChI=1S/C15H22N2O3/c1-15(2,3)12(8-9-18)17-14(20)11-6-4-10(5-7-11)13(16)19/h4-7,12,18H,8-9H2,1-3H3,(H2,16,19)(H,17,20). The van der Waals surface area contributed by atoms with Crippen molar-refractivity contribution in [3.05, 3.63) is 35.4 Å². The van der Waals surface area contributed by atoms with Crippen molar-refractivity contribution in [3.63, 3.8) is 0 Å². The van der Waals surface area contributed by atoms with Gasteiger partial charge in [0.2, 0.25) is 5.91 Å². The third kappa shape index (κ3) is 4.35. The summed E-state index contributed by atoms with van der Waals surface area (Å²) in [7, 11) is 0. The molecule has 0 aliphatic carbocycles. The Hall–Kier alpha value is -1.88. The monoisotopic (exact) mass is 278 g/mol. The summed E-state index contributed by atoms with van der Waals surface area (Å²) in [5.41, 5.74) is 5.83. The van der Waals surface area contributed by atoms with Crippen molar-refractivity contribution in [2.45, 2.75) is 33.2 Å². The molecule has 5 nitrogen and oxygen atoms in total. The molecule has 2 amide bonds. The molecule has 1 aromatic rings.